The van der Waals surface area contributed by atoms with Crippen molar-refractivity contribution in [2.24, 2.45) is 5.92 Å². The van der Waals surface area contributed by atoms with Gasteiger partial charge in [-0.3, -0.25) is 9.59 Å². The number of carbonyl (C=O) groups excluding carboxylic acids is 1. The number of carbonyl (C=O) groups is 2. The normalized spacial score (nSPS) is 22.7. The molecule has 1 heterocycles. The van der Waals surface area contributed by atoms with Gasteiger partial charge in [0.1, 0.15) is 5.69 Å². The van der Waals surface area contributed by atoms with Crippen LogP contribution in [0.5, 0.6) is 0 Å². The molecule has 5 nitrogen and oxygen atoms in total. The molecule has 18 heavy (non-hydrogen) atoms. The molecule has 1 fully saturated rings. The smallest absolute Gasteiger partial charge is 0.306 e. The number of rotatable bonds is 3. The van der Waals surface area contributed by atoms with Gasteiger partial charge in [-0.25, -0.2) is 4.98 Å². The second-order valence-electron chi connectivity index (χ2n) is 4.38. The Labute approximate surface area is 109 Å². The van der Waals surface area contributed by atoms with Crippen molar-refractivity contribution in [3.05, 3.63) is 29.0 Å². The zero-order chi connectivity index (χ0) is 13.1. The molecule has 0 spiro atoms. The molecule has 0 aromatic carbocycles. The van der Waals surface area contributed by atoms with E-state index in [-0.39, 0.29) is 23.6 Å². The third-order valence-electron chi connectivity index (χ3n) is 3.08. The third kappa shape index (κ3) is 2.98. The summed E-state index contributed by atoms with van der Waals surface area (Å²) in [5.41, 5.74) is 0.290. The van der Waals surface area contributed by atoms with Gasteiger partial charge < -0.3 is 10.4 Å². The topological polar surface area (TPSA) is 79.3 Å². The number of amides is 1. The van der Waals surface area contributed by atoms with Crippen molar-refractivity contribution in [2.75, 3.05) is 0 Å². The van der Waals surface area contributed by atoms with E-state index in [1.165, 1.54) is 6.20 Å². The van der Waals surface area contributed by atoms with Gasteiger partial charge in [0.25, 0.3) is 5.91 Å². The van der Waals surface area contributed by atoms with Crippen LogP contribution in [0.15, 0.2) is 18.3 Å². The highest BCUT2D eigenvalue weighted by atomic mass is 35.5. The molecule has 1 aromatic rings. The highest BCUT2D eigenvalue weighted by Crippen LogP contribution is 2.25. The van der Waals surface area contributed by atoms with Crippen molar-refractivity contribution in [3.8, 4) is 0 Å². The molecule has 2 rings (SSSR count). The van der Waals surface area contributed by atoms with Gasteiger partial charge in [-0.1, -0.05) is 11.6 Å². The zero-order valence-corrected chi connectivity index (χ0v) is 10.4. The molecule has 2 N–H and O–H groups in total. The minimum atomic E-state index is -0.795. The SMILES string of the molecule is O=C(N[C@@H]1CC[C@H](C(=O)O)C1)c1ccc(Cl)cn1. The van der Waals surface area contributed by atoms with Crippen LogP contribution < -0.4 is 5.32 Å². The number of nitrogens with one attached hydrogen (secondary N) is 1. The molecule has 0 bridgehead atoms. The maximum Gasteiger partial charge on any atom is 0.306 e. The van der Waals surface area contributed by atoms with Gasteiger partial charge in [0.15, 0.2) is 0 Å². The first-order chi connectivity index (χ1) is 8.56. The van der Waals surface area contributed by atoms with E-state index in [4.69, 9.17) is 16.7 Å². The minimum Gasteiger partial charge on any atom is -0.481 e. The largest absolute Gasteiger partial charge is 0.481 e. The van der Waals surface area contributed by atoms with Crippen LogP contribution in [0.2, 0.25) is 5.02 Å². The molecule has 0 saturated heterocycles. The lowest BCUT2D eigenvalue weighted by atomic mass is 10.1. The summed E-state index contributed by atoms with van der Waals surface area (Å²) in [6, 6.07) is 3.05. The summed E-state index contributed by atoms with van der Waals surface area (Å²) in [5.74, 6) is -1.44. The number of nitrogens with zero attached hydrogens (tertiary/aromatic N) is 1. The number of aromatic nitrogens is 1. The molecule has 1 aliphatic rings. The van der Waals surface area contributed by atoms with Crippen LogP contribution >= 0.6 is 11.6 Å². The van der Waals surface area contributed by atoms with E-state index in [1.807, 2.05) is 0 Å². The minimum absolute atomic E-state index is 0.0870. The summed E-state index contributed by atoms with van der Waals surface area (Å²) in [5, 5.41) is 12.1. The fourth-order valence-corrected chi connectivity index (χ4v) is 2.22. The monoisotopic (exact) mass is 268 g/mol. The van der Waals surface area contributed by atoms with Crippen LogP contribution in [-0.2, 0) is 4.79 Å². The van der Waals surface area contributed by atoms with Gasteiger partial charge in [0.2, 0.25) is 0 Å². The molecule has 1 aliphatic carbocycles. The quantitative estimate of drug-likeness (QED) is 0.875. The number of hydrogen-bond donors (Lipinski definition) is 2. The van der Waals surface area contributed by atoms with E-state index in [2.05, 4.69) is 10.3 Å². The molecule has 1 saturated carbocycles. The van der Waals surface area contributed by atoms with Crippen molar-refractivity contribution in [1.82, 2.24) is 10.3 Å². The summed E-state index contributed by atoms with van der Waals surface area (Å²) >= 11 is 5.68. The van der Waals surface area contributed by atoms with Crippen LogP contribution in [0, 0.1) is 5.92 Å². The fourth-order valence-electron chi connectivity index (χ4n) is 2.11. The summed E-state index contributed by atoms with van der Waals surface area (Å²) in [6.45, 7) is 0. The Morgan fingerprint density at radius 1 is 1.39 bits per heavy atom. The maximum atomic E-state index is 11.8. The molecular formula is C12H13ClN2O3. The Bertz CT molecular complexity index is 461. The zero-order valence-electron chi connectivity index (χ0n) is 9.60. The highest BCUT2D eigenvalue weighted by molar-refractivity contribution is 6.30. The van der Waals surface area contributed by atoms with Gasteiger partial charge in [-0.05, 0) is 31.4 Å². The number of carboxylic acid groups (broad SMARTS) is 1. The first-order valence-corrected chi connectivity index (χ1v) is 6.09. The summed E-state index contributed by atoms with van der Waals surface area (Å²) in [4.78, 5) is 26.5. The first-order valence-electron chi connectivity index (χ1n) is 5.71. The van der Waals surface area contributed by atoms with Crippen molar-refractivity contribution in [3.63, 3.8) is 0 Å². The van der Waals surface area contributed by atoms with Gasteiger partial charge in [0.05, 0.1) is 10.9 Å². The van der Waals surface area contributed by atoms with Crippen molar-refractivity contribution in [1.29, 1.82) is 0 Å². The summed E-state index contributed by atoms with van der Waals surface area (Å²) in [6.07, 6.45) is 3.18. The molecule has 6 heteroatoms. The number of aliphatic carboxylic acids is 1. The first kappa shape index (κ1) is 12.8. The van der Waals surface area contributed by atoms with E-state index in [0.29, 0.717) is 24.3 Å². The second-order valence-corrected chi connectivity index (χ2v) is 4.82. The van der Waals surface area contributed by atoms with Gasteiger partial charge in [0, 0.05) is 12.2 Å². The standard InChI is InChI=1S/C12H13ClN2O3/c13-8-2-4-10(14-6-8)11(16)15-9-3-1-7(5-9)12(17)18/h2,4,6-7,9H,1,3,5H2,(H,15,16)(H,17,18)/t7-,9+/m0/s1. The van der Waals surface area contributed by atoms with E-state index >= 15 is 0 Å². The molecule has 2 atom stereocenters. The van der Waals surface area contributed by atoms with E-state index in [9.17, 15) is 9.59 Å². The number of halogens is 1. The summed E-state index contributed by atoms with van der Waals surface area (Å²) in [7, 11) is 0. The molecule has 1 amide bonds. The van der Waals surface area contributed by atoms with Gasteiger partial charge in [-0.15, -0.1) is 0 Å². The predicted molar refractivity (Wildman–Crippen MR) is 65.5 cm³/mol. The lowest BCUT2D eigenvalue weighted by molar-refractivity contribution is -0.141. The van der Waals surface area contributed by atoms with Gasteiger partial charge >= 0.3 is 5.97 Å². The Morgan fingerprint density at radius 3 is 2.72 bits per heavy atom. The Morgan fingerprint density at radius 2 is 2.17 bits per heavy atom. The lowest BCUT2D eigenvalue weighted by Gasteiger charge is -2.11. The summed E-state index contributed by atoms with van der Waals surface area (Å²) < 4.78 is 0. The highest BCUT2D eigenvalue weighted by Gasteiger charge is 2.30. The number of hydrogen-bond acceptors (Lipinski definition) is 3. The van der Waals surface area contributed by atoms with Crippen LogP contribution in [0.25, 0.3) is 0 Å². The molecule has 0 unspecified atom stereocenters. The molecule has 1 aromatic heterocycles. The van der Waals surface area contributed by atoms with E-state index < -0.39 is 5.97 Å². The van der Waals surface area contributed by atoms with E-state index in [1.54, 1.807) is 12.1 Å². The van der Waals surface area contributed by atoms with Crippen molar-refractivity contribution >= 4 is 23.5 Å². The molecular weight excluding hydrogens is 256 g/mol. The fraction of sp³-hybridized carbons (Fsp3) is 0.417. The second kappa shape index (κ2) is 5.35. The average Bonchev–Trinajstić information content (AvgIpc) is 2.78. The number of pyridine rings is 1. The molecule has 0 radical (unpaired) electrons. The predicted octanol–water partition coefficient (Wildman–Crippen LogP) is 1.72. The van der Waals surface area contributed by atoms with E-state index in [0.717, 1.165) is 0 Å². The van der Waals surface area contributed by atoms with Crippen LogP contribution in [0.4, 0.5) is 0 Å². The third-order valence-corrected chi connectivity index (χ3v) is 3.30. The lowest BCUT2D eigenvalue weighted by Crippen LogP contribution is -2.33. The maximum absolute atomic E-state index is 11.8. The van der Waals surface area contributed by atoms with Crippen LogP contribution in [0.3, 0.4) is 0 Å². The Kier molecular flexibility index (Phi) is 3.81. The van der Waals surface area contributed by atoms with Crippen molar-refractivity contribution in [2.45, 2.75) is 25.3 Å². The van der Waals surface area contributed by atoms with Crippen molar-refractivity contribution < 1.29 is 14.7 Å². The molecule has 0 aliphatic heterocycles. The van der Waals surface area contributed by atoms with Crippen LogP contribution in [0.1, 0.15) is 29.8 Å². The molecule has 96 valence electrons. The average molecular weight is 269 g/mol. The Hall–Kier alpha value is -1.62. The Balaban J connectivity index is 1.92. The van der Waals surface area contributed by atoms with Crippen LogP contribution in [-0.4, -0.2) is 28.0 Å². The van der Waals surface area contributed by atoms with Gasteiger partial charge in [-0.2, -0.15) is 0 Å². The number of carboxylic acids is 1.